The molecule has 0 saturated heterocycles. The van der Waals surface area contributed by atoms with Gasteiger partial charge in [0.25, 0.3) is 0 Å². The molecule has 0 amide bonds. The average molecular weight is 237 g/mol. The van der Waals surface area contributed by atoms with Gasteiger partial charge in [-0.3, -0.25) is 4.79 Å². The minimum absolute atomic E-state index is 0.0252. The first kappa shape index (κ1) is 10.7. The second kappa shape index (κ2) is 4.11. The zero-order valence-corrected chi connectivity index (χ0v) is 9.63. The first-order valence-electron chi connectivity index (χ1n) is 5.73. The molecule has 0 saturated carbocycles. The molecule has 0 aliphatic heterocycles. The van der Waals surface area contributed by atoms with Gasteiger partial charge in [0.15, 0.2) is 0 Å². The lowest BCUT2D eigenvalue weighted by Gasteiger charge is -2.05. The standard InChI is InChI=1S/C15H11NO2/c17-15(18)9-10-5-3-7-14-12(10)8-11-4-1-2-6-13(11)16-14/h1-8H,9H2,(H,17,18). The molecule has 1 heterocycles. The highest BCUT2D eigenvalue weighted by atomic mass is 16.4. The molecule has 3 rings (SSSR count). The van der Waals surface area contributed by atoms with E-state index in [-0.39, 0.29) is 6.42 Å². The SMILES string of the molecule is O=C(O)Cc1cccc2nc3ccccc3cc12. The van der Waals surface area contributed by atoms with Crippen molar-refractivity contribution < 1.29 is 9.90 Å². The second-order valence-corrected chi connectivity index (χ2v) is 4.24. The third-order valence-electron chi connectivity index (χ3n) is 2.99. The summed E-state index contributed by atoms with van der Waals surface area (Å²) >= 11 is 0. The fourth-order valence-electron chi connectivity index (χ4n) is 2.18. The van der Waals surface area contributed by atoms with Crippen molar-refractivity contribution in [3.05, 3.63) is 54.1 Å². The van der Waals surface area contributed by atoms with Crippen LogP contribution in [0.1, 0.15) is 5.56 Å². The van der Waals surface area contributed by atoms with Gasteiger partial charge in [-0.15, -0.1) is 0 Å². The summed E-state index contributed by atoms with van der Waals surface area (Å²) in [5.41, 5.74) is 2.57. The molecule has 0 aliphatic carbocycles. The molecule has 0 spiro atoms. The molecular weight excluding hydrogens is 226 g/mol. The molecule has 3 heteroatoms. The Bertz CT molecular complexity index is 750. The molecule has 88 valence electrons. The van der Waals surface area contributed by atoms with Gasteiger partial charge in [-0.25, -0.2) is 4.98 Å². The summed E-state index contributed by atoms with van der Waals surface area (Å²) in [6.07, 6.45) is 0.0252. The Morgan fingerprint density at radius 2 is 1.83 bits per heavy atom. The van der Waals surface area contributed by atoms with Crippen LogP contribution in [-0.2, 0) is 11.2 Å². The fraction of sp³-hybridized carbons (Fsp3) is 0.0667. The molecule has 0 radical (unpaired) electrons. The molecule has 0 fully saturated rings. The molecule has 0 bridgehead atoms. The summed E-state index contributed by atoms with van der Waals surface area (Å²) in [6, 6.07) is 15.5. The molecule has 0 atom stereocenters. The Kier molecular flexibility index (Phi) is 2.45. The van der Waals surface area contributed by atoms with Crippen LogP contribution in [0.25, 0.3) is 21.8 Å². The Hall–Kier alpha value is -2.42. The number of benzene rings is 2. The van der Waals surface area contributed by atoms with Gasteiger partial charge in [-0.05, 0) is 23.8 Å². The van der Waals surface area contributed by atoms with Crippen molar-refractivity contribution in [2.75, 3.05) is 0 Å². The zero-order chi connectivity index (χ0) is 12.5. The summed E-state index contributed by atoms with van der Waals surface area (Å²) in [5, 5.41) is 10.9. The second-order valence-electron chi connectivity index (χ2n) is 4.24. The van der Waals surface area contributed by atoms with Gasteiger partial charge >= 0.3 is 5.97 Å². The summed E-state index contributed by atoms with van der Waals surface area (Å²) in [6.45, 7) is 0. The van der Waals surface area contributed by atoms with Crippen molar-refractivity contribution in [1.29, 1.82) is 0 Å². The van der Waals surface area contributed by atoms with E-state index in [0.29, 0.717) is 0 Å². The molecule has 3 aromatic rings. The van der Waals surface area contributed by atoms with Gasteiger partial charge in [-0.2, -0.15) is 0 Å². The number of carboxylic acids is 1. The van der Waals surface area contributed by atoms with E-state index < -0.39 is 5.97 Å². The summed E-state index contributed by atoms with van der Waals surface area (Å²) < 4.78 is 0. The summed E-state index contributed by atoms with van der Waals surface area (Å²) in [7, 11) is 0. The number of pyridine rings is 1. The van der Waals surface area contributed by atoms with Gasteiger partial charge in [-0.1, -0.05) is 30.3 Å². The third-order valence-corrected chi connectivity index (χ3v) is 2.99. The maximum Gasteiger partial charge on any atom is 0.307 e. The van der Waals surface area contributed by atoms with E-state index in [1.165, 1.54) is 0 Å². The number of fused-ring (bicyclic) bond motifs is 2. The first-order chi connectivity index (χ1) is 8.74. The van der Waals surface area contributed by atoms with Crippen molar-refractivity contribution in [3.8, 4) is 0 Å². The summed E-state index contributed by atoms with van der Waals surface area (Å²) in [4.78, 5) is 15.4. The molecule has 1 aromatic heterocycles. The quantitative estimate of drug-likeness (QED) is 0.697. The number of rotatable bonds is 2. The van der Waals surface area contributed by atoms with Crippen molar-refractivity contribution in [2.45, 2.75) is 6.42 Å². The highest BCUT2D eigenvalue weighted by Crippen LogP contribution is 2.22. The van der Waals surface area contributed by atoms with Crippen LogP contribution in [0.2, 0.25) is 0 Å². The lowest BCUT2D eigenvalue weighted by atomic mass is 10.0. The molecule has 18 heavy (non-hydrogen) atoms. The Morgan fingerprint density at radius 3 is 2.67 bits per heavy atom. The predicted molar refractivity (Wildman–Crippen MR) is 70.6 cm³/mol. The predicted octanol–water partition coefficient (Wildman–Crippen LogP) is 3.02. The van der Waals surface area contributed by atoms with E-state index in [1.807, 2.05) is 48.5 Å². The molecule has 1 N–H and O–H groups in total. The lowest BCUT2D eigenvalue weighted by Crippen LogP contribution is -2.00. The maximum atomic E-state index is 10.9. The van der Waals surface area contributed by atoms with E-state index in [0.717, 1.165) is 27.4 Å². The zero-order valence-electron chi connectivity index (χ0n) is 9.63. The van der Waals surface area contributed by atoms with E-state index >= 15 is 0 Å². The lowest BCUT2D eigenvalue weighted by molar-refractivity contribution is -0.136. The van der Waals surface area contributed by atoms with Crippen LogP contribution in [-0.4, -0.2) is 16.1 Å². The molecule has 2 aromatic carbocycles. The van der Waals surface area contributed by atoms with Crippen molar-refractivity contribution in [2.24, 2.45) is 0 Å². The van der Waals surface area contributed by atoms with E-state index in [4.69, 9.17) is 5.11 Å². The van der Waals surface area contributed by atoms with Crippen molar-refractivity contribution in [3.63, 3.8) is 0 Å². The summed E-state index contributed by atoms with van der Waals surface area (Å²) in [5.74, 6) is -0.823. The monoisotopic (exact) mass is 237 g/mol. The first-order valence-corrected chi connectivity index (χ1v) is 5.73. The smallest absolute Gasteiger partial charge is 0.307 e. The van der Waals surface area contributed by atoms with Gasteiger partial charge in [0.1, 0.15) is 0 Å². The number of aliphatic carboxylic acids is 1. The van der Waals surface area contributed by atoms with Crippen molar-refractivity contribution in [1.82, 2.24) is 4.98 Å². The van der Waals surface area contributed by atoms with E-state index in [2.05, 4.69) is 4.98 Å². The highest BCUT2D eigenvalue weighted by Gasteiger charge is 2.07. The molecular formula is C15H11NO2. The Labute approximate surface area is 104 Å². The minimum atomic E-state index is -0.823. The van der Waals surface area contributed by atoms with Crippen LogP contribution < -0.4 is 0 Å². The number of hydrogen-bond donors (Lipinski definition) is 1. The molecule has 0 aliphatic rings. The maximum absolute atomic E-state index is 10.9. The largest absolute Gasteiger partial charge is 0.481 e. The van der Waals surface area contributed by atoms with Gasteiger partial charge in [0, 0.05) is 10.8 Å². The minimum Gasteiger partial charge on any atom is -0.481 e. The Balaban J connectivity index is 2.32. The van der Waals surface area contributed by atoms with Crippen LogP contribution in [0, 0.1) is 0 Å². The van der Waals surface area contributed by atoms with Crippen LogP contribution in [0.15, 0.2) is 48.5 Å². The number of carboxylic acid groups (broad SMARTS) is 1. The van der Waals surface area contributed by atoms with E-state index in [9.17, 15) is 4.79 Å². The normalized spacial score (nSPS) is 10.9. The number of para-hydroxylation sites is 1. The van der Waals surface area contributed by atoms with Gasteiger partial charge in [0.05, 0.1) is 17.5 Å². The Morgan fingerprint density at radius 1 is 1.06 bits per heavy atom. The fourth-order valence-corrected chi connectivity index (χ4v) is 2.18. The highest BCUT2D eigenvalue weighted by molar-refractivity contribution is 5.95. The number of hydrogen-bond acceptors (Lipinski definition) is 2. The van der Waals surface area contributed by atoms with Crippen molar-refractivity contribution >= 4 is 27.8 Å². The van der Waals surface area contributed by atoms with Crippen LogP contribution in [0.5, 0.6) is 0 Å². The van der Waals surface area contributed by atoms with Gasteiger partial charge in [0.2, 0.25) is 0 Å². The van der Waals surface area contributed by atoms with Crippen LogP contribution >= 0.6 is 0 Å². The average Bonchev–Trinajstić information content (AvgIpc) is 2.36. The topological polar surface area (TPSA) is 50.2 Å². The number of carbonyl (C=O) groups is 1. The molecule has 3 nitrogen and oxygen atoms in total. The third kappa shape index (κ3) is 1.80. The van der Waals surface area contributed by atoms with Gasteiger partial charge < -0.3 is 5.11 Å². The van der Waals surface area contributed by atoms with Crippen LogP contribution in [0.4, 0.5) is 0 Å². The van der Waals surface area contributed by atoms with Crippen LogP contribution in [0.3, 0.4) is 0 Å². The number of nitrogens with zero attached hydrogens (tertiary/aromatic N) is 1. The molecule has 0 unspecified atom stereocenters. The number of aromatic nitrogens is 1. The van der Waals surface area contributed by atoms with E-state index in [1.54, 1.807) is 0 Å².